The van der Waals surface area contributed by atoms with Crippen molar-refractivity contribution in [3.05, 3.63) is 59.7 Å². The normalized spacial score (nSPS) is 12.1. The third-order valence-electron chi connectivity index (χ3n) is 4.29. The van der Waals surface area contributed by atoms with Gasteiger partial charge in [-0.2, -0.15) is 0 Å². The Morgan fingerprint density at radius 3 is 2.48 bits per heavy atom. The van der Waals surface area contributed by atoms with Gasteiger partial charge in [-0.05, 0) is 22.6 Å². The molecule has 0 amide bonds. The molecule has 0 unspecified atom stereocenters. The second kappa shape index (κ2) is 6.15. The van der Waals surface area contributed by atoms with E-state index in [1.165, 1.54) is 11.1 Å². The number of rotatable bonds is 3. The number of hydrogen-bond acceptors (Lipinski definition) is 4. The van der Waals surface area contributed by atoms with Gasteiger partial charge in [-0.1, -0.05) is 75.0 Å². The van der Waals surface area contributed by atoms with Crippen LogP contribution in [0.15, 0.2) is 53.7 Å². The molecule has 0 bridgehead atoms. The molecule has 126 valence electrons. The lowest BCUT2D eigenvalue weighted by Gasteiger charge is -2.19. The van der Waals surface area contributed by atoms with Gasteiger partial charge in [-0.3, -0.25) is 0 Å². The second-order valence-electron chi connectivity index (χ2n) is 7.20. The third kappa shape index (κ3) is 3.24. The maximum absolute atomic E-state index is 4.62. The lowest BCUT2D eigenvalue weighted by molar-refractivity contribution is 0.590. The highest BCUT2D eigenvalue weighted by molar-refractivity contribution is 7.98. The lowest BCUT2D eigenvalue weighted by Crippen LogP contribution is -2.10. The quantitative estimate of drug-likeness (QED) is 0.524. The SMILES string of the molecule is CC(C)(C)c1ccc(CSc2nnc3c(n2)[nH]c2ccccc23)cc1. The number of hydrogen-bond donors (Lipinski definition) is 1. The largest absolute Gasteiger partial charge is 0.338 e. The smallest absolute Gasteiger partial charge is 0.211 e. The van der Waals surface area contributed by atoms with Crippen molar-refractivity contribution in [2.45, 2.75) is 37.1 Å². The number of thioether (sulfide) groups is 1. The average Bonchev–Trinajstić information content (AvgIpc) is 2.97. The van der Waals surface area contributed by atoms with Crippen LogP contribution in [0.1, 0.15) is 31.9 Å². The van der Waals surface area contributed by atoms with Gasteiger partial charge >= 0.3 is 0 Å². The van der Waals surface area contributed by atoms with Gasteiger partial charge in [0.05, 0.1) is 0 Å². The molecule has 2 aromatic heterocycles. The molecule has 0 radical (unpaired) electrons. The van der Waals surface area contributed by atoms with Gasteiger partial charge < -0.3 is 4.98 Å². The standard InChI is InChI=1S/C20H20N4S/c1-20(2,3)14-10-8-13(9-11-14)12-25-19-22-18-17(23-24-19)15-6-4-5-7-16(15)21-18/h4-11H,12H2,1-3H3,(H,21,22,24). The first kappa shape index (κ1) is 16.1. The molecule has 0 aliphatic heterocycles. The summed E-state index contributed by atoms with van der Waals surface area (Å²) >= 11 is 1.61. The van der Waals surface area contributed by atoms with Crippen LogP contribution in [0.4, 0.5) is 0 Å². The zero-order valence-corrected chi connectivity index (χ0v) is 15.4. The summed E-state index contributed by atoms with van der Waals surface area (Å²) in [4.78, 5) is 7.93. The molecular weight excluding hydrogens is 328 g/mol. The van der Waals surface area contributed by atoms with E-state index in [9.17, 15) is 0 Å². The first-order chi connectivity index (χ1) is 12.0. The molecular formula is C20H20N4S. The van der Waals surface area contributed by atoms with Crippen LogP contribution < -0.4 is 0 Å². The van der Waals surface area contributed by atoms with Crippen molar-refractivity contribution in [2.24, 2.45) is 0 Å². The zero-order valence-electron chi connectivity index (χ0n) is 14.6. The van der Waals surface area contributed by atoms with Crippen molar-refractivity contribution >= 4 is 33.8 Å². The molecule has 0 saturated carbocycles. The van der Waals surface area contributed by atoms with E-state index in [0.29, 0.717) is 5.16 Å². The Balaban J connectivity index is 1.54. The lowest BCUT2D eigenvalue weighted by atomic mass is 9.87. The van der Waals surface area contributed by atoms with Crippen molar-refractivity contribution in [1.82, 2.24) is 20.2 Å². The maximum Gasteiger partial charge on any atom is 0.211 e. The fourth-order valence-electron chi connectivity index (χ4n) is 2.82. The van der Waals surface area contributed by atoms with Crippen LogP contribution in [0.25, 0.3) is 22.1 Å². The minimum absolute atomic E-state index is 0.180. The number of aromatic amines is 1. The van der Waals surface area contributed by atoms with E-state index in [4.69, 9.17) is 0 Å². The van der Waals surface area contributed by atoms with Gasteiger partial charge in [0, 0.05) is 16.7 Å². The van der Waals surface area contributed by atoms with Crippen LogP contribution in [0.5, 0.6) is 0 Å². The molecule has 0 atom stereocenters. The summed E-state index contributed by atoms with van der Waals surface area (Å²) in [6, 6.07) is 16.8. The second-order valence-corrected chi connectivity index (χ2v) is 8.14. The van der Waals surface area contributed by atoms with Gasteiger partial charge in [-0.15, -0.1) is 10.2 Å². The van der Waals surface area contributed by atoms with E-state index in [2.05, 4.69) is 65.2 Å². The van der Waals surface area contributed by atoms with Crippen molar-refractivity contribution < 1.29 is 0 Å². The number of nitrogens with zero attached hydrogens (tertiary/aromatic N) is 3. The van der Waals surface area contributed by atoms with Gasteiger partial charge in [0.25, 0.3) is 0 Å². The number of nitrogens with one attached hydrogen (secondary N) is 1. The monoisotopic (exact) mass is 348 g/mol. The molecule has 4 aromatic rings. The minimum Gasteiger partial charge on any atom is -0.338 e. The molecule has 0 aliphatic carbocycles. The van der Waals surface area contributed by atoms with E-state index in [0.717, 1.165) is 27.8 Å². The Morgan fingerprint density at radius 2 is 1.72 bits per heavy atom. The average molecular weight is 348 g/mol. The summed E-state index contributed by atoms with van der Waals surface area (Å²) in [5.41, 5.74) is 5.45. The molecule has 2 aromatic carbocycles. The molecule has 2 heterocycles. The summed E-state index contributed by atoms with van der Waals surface area (Å²) in [5, 5.41) is 10.4. The number of aromatic nitrogens is 4. The van der Waals surface area contributed by atoms with E-state index in [1.807, 2.05) is 24.3 Å². The van der Waals surface area contributed by atoms with Gasteiger partial charge in [0.2, 0.25) is 5.16 Å². The molecule has 25 heavy (non-hydrogen) atoms. The summed E-state index contributed by atoms with van der Waals surface area (Å²) < 4.78 is 0. The Bertz CT molecular complexity index is 1030. The van der Waals surface area contributed by atoms with E-state index >= 15 is 0 Å². The molecule has 0 spiro atoms. The Morgan fingerprint density at radius 1 is 0.960 bits per heavy atom. The maximum atomic E-state index is 4.62. The highest BCUT2D eigenvalue weighted by Gasteiger charge is 2.13. The molecule has 0 saturated heterocycles. The number of benzene rings is 2. The van der Waals surface area contributed by atoms with E-state index < -0.39 is 0 Å². The van der Waals surface area contributed by atoms with E-state index in [-0.39, 0.29) is 5.41 Å². The van der Waals surface area contributed by atoms with Crippen molar-refractivity contribution in [3.8, 4) is 0 Å². The highest BCUT2D eigenvalue weighted by Crippen LogP contribution is 2.26. The first-order valence-corrected chi connectivity index (χ1v) is 9.33. The Kier molecular flexibility index (Phi) is 3.96. The molecule has 4 rings (SSSR count). The van der Waals surface area contributed by atoms with Crippen molar-refractivity contribution in [1.29, 1.82) is 0 Å². The van der Waals surface area contributed by atoms with Crippen LogP contribution in [-0.2, 0) is 11.2 Å². The van der Waals surface area contributed by atoms with Crippen LogP contribution in [-0.4, -0.2) is 20.2 Å². The van der Waals surface area contributed by atoms with E-state index in [1.54, 1.807) is 11.8 Å². The van der Waals surface area contributed by atoms with Gasteiger partial charge in [-0.25, -0.2) is 4.98 Å². The van der Waals surface area contributed by atoms with Crippen LogP contribution >= 0.6 is 11.8 Å². The predicted molar refractivity (Wildman–Crippen MR) is 104 cm³/mol. The molecule has 0 aliphatic rings. The fourth-order valence-corrected chi connectivity index (χ4v) is 3.56. The summed E-state index contributed by atoms with van der Waals surface area (Å²) in [7, 11) is 0. The molecule has 5 heteroatoms. The van der Waals surface area contributed by atoms with Crippen LogP contribution in [0.3, 0.4) is 0 Å². The van der Waals surface area contributed by atoms with Gasteiger partial charge in [0.1, 0.15) is 5.52 Å². The predicted octanol–water partition coefficient (Wildman–Crippen LogP) is 5.10. The minimum atomic E-state index is 0.180. The van der Waals surface area contributed by atoms with Crippen molar-refractivity contribution in [3.63, 3.8) is 0 Å². The number of para-hydroxylation sites is 1. The number of H-pyrrole nitrogens is 1. The van der Waals surface area contributed by atoms with Crippen LogP contribution in [0.2, 0.25) is 0 Å². The summed E-state index contributed by atoms with van der Waals surface area (Å²) in [6.07, 6.45) is 0. The zero-order chi connectivity index (χ0) is 17.4. The summed E-state index contributed by atoms with van der Waals surface area (Å²) in [5.74, 6) is 0.831. The molecule has 0 fully saturated rings. The van der Waals surface area contributed by atoms with Crippen molar-refractivity contribution in [2.75, 3.05) is 0 Å². The molecule has 4 nitrogen and oxygen atoms in total. The molecule has 1 N–H and O–H groups in total. The highest BCUT2D eigenvalue weighted by atomic mass is 32.2. The van der Waals surface area contributed by atoms with Gasteiger partial charge in [0.15, 0.2) is 5.65 Å². The first-order valence-electron chi connectivity index (χ1n) is 8.34. The Hall–Kier alpha value is -2.40. The summed E-state index contributed by atoms with van der Waals surface area (Å²) in [6.45, 7) is 6.68. The topological polar surface area (TPSA) is 54.5 Å². The van der Waals surface area contributed by atoms with Crippen LogP contribution in [0, 0.1) is 0 Å². The third-order valence-corrected chi connectivity index (χ3v) is 5.20. The Labute approximate surface area is 151 Å². The number of fused-ring (bicyclic) bond motifs is 3. The fraction of sp³-hybridized carbons (Fsp3) is 0.250.